The Balaban J connectivity index is 1.36. The molecule has 0 spiro atoms. The molecule has 142 valence electrons. The molecule has 4 nitrogen and oxygen atoms in total. The number of hydrogen-bond donors (Lipinski definition) is 1. The lowest BCUT2D eigenvalue weighted by molar-refractivity contribution is -0.132. The highest BCUT2D eigenvalue weighted by Gasteiger charge is 2.22. The molecule has 0 aromatic heterocycles. The van der Waals surface area contributed by atoms with Gasteiger partial charge in [0.15, 0.2) is 0 Å². The maximum absolute atomic E-state index is 12.4. The minimum Gasteiger partial charge on any atom is -0.356 e. The SMILES string of the molecule is CCC(CC(=O)NCCCC(=O)N1Cc2ccccc2C1)c1ccccc1. The van der Waals surface area contributed by atoms with Crippen molar-refractivity contribution in [2.75, 3.05) is 6.54 Å². The van der Waals surface area contributed by atoms with Crippen molar-refractivity contribution < 1.29 is 9.59 Å². The molecule has 2 aromatic rings. The zero-order chi connectivity index (χ0) is 19.1. The lowest BCUT2D eigenvalue weighted by atomic mass is 9.93. The minimum absolute atomic E-state index is 0.0618. The first-order valence-electron chi connectivity index (χ1n) is 9.83. The van der Waals surface area contributed by atoms with E-state index in [-0.39, 0.29) is 17.7 Å². The van der Waals surface area contributed by atoms with Gasteiger partial charge in [0.05, 0.1) is 0 Å². The summed E-state index contributed by atoms with van der Waals surface area (Å²) >= 11 is 0. The number of nitrogens with zero attached hydrogens (tertiary/aromatic N) is 1. The summed E-state index contributed by atoms with van der Waals surface area (Å²) in [5, 5.41) is 2.97. The third-order valence-corrected chi connectivity index (χ3v) is 5.28. The molecule has 0 bridgehead atoms. The van der Waals surface area contributed by atoms with Crippen LogP contribution in [0.2, 0.25) is 0 Å². The van der Waals surface area contributed by atoms with Gasteiger partial charge in [0.25, 0.3) is 0 Å². The average Bonchev–Trinajstić information content (AvgIpc) is 3.14. The zero-order valence-corrected chi connectivity index (χ0v) is 16.0. The molecule has 1 N–H and O–H groups in total. The molecule has 3 rings (SSSR count). The van der Waals surface area contributed by atoms with Crippen molar-refractivity contribution >= 4 is 11.8 Å². The molecule has 1 heterocycles. The van der Waals surface area contributed by atoms with Crippen LogP contribution in [0.15, 0.2) is 54.6 Å². The third-order valence-electron chi connectivity index (χ3n) is 5.28. The van der Waals surface area contributed by atoms with Gasteiger partial charge in [-0.25, -0.2) is 0 Å². The highest BCUT2D eigenvalue weighted by molar-refractivity contribution is 5.78. The van der Waals surface area contributed by atoms with Crippen LogP contribution >= 0.6 is 0 Å². The van der Waals surface area contributed by atoms with Gasteiger partial charge in [0.1, 0.15) is 0 Å². The fourth-order valence-electron chi connectivity index (χ4n) is 3.65. The van der Waals surface area contributed by atoms with E-state index >= 15 is 0 Å². The molecule has 2 aromatic carbocycles. The van der Waals surface area contributed by atoms with Gasteiger partial charge in [0, 0.05) is 32.5 Å². The van der Waals surface area contributed by atoms with Crippen molar-refractivity contribution in [3.63, 3.8) is 0 Å². The summed E-state index contributed by atoms with van der Waals surface area (Å²) in [5.41, 5.74) is 3.69. The monoisotopic (exact) mass is 364 g/mol. The van der Waals surface area contributed by atoms with Crippen LogP contribution < -0.4 is 5.32 Å². The third kappa shape index (κ3) is 5.19. The summed E-state index contributed by atoms with van der Waals surface area (Å²) in [4.78, 5) is 26.5. The molecule has 1 aliphatic rings. The smallest absolute Gasteiger partial charge is 0.223 e. The Hall–Kier alpha value is -2.62. The minimum atomic E-state index is 0.0618. The number of carbonyl (C=O) groups excluding carboxylic acids is 2. The van der Waals surface area contributed by atoms with E-state index in [2.05, 4.69) is 36.5 Å². The number of amides is 2. The summed E-state index contributed by atoms with van der Waals surface area (Å²) in [6.07, 6.45) is 2.59. The number of hydrogen-bond acceptors (Lipinski definition) is 2. The van der Waals surface area contributed by atoms with Gasteiger partial charge in [0.2, 0.25) is 11.8 Å². The standard InChI is InChI=1S/C23H28N2O2/c1-2-18(19-9-4-3-5-10-19)15-22(26)24-14-8-13-23(27)25-16-20-11-6-7-12-21(20)17-25/h3-7,9-12,18H,2,8,13-17H2,1H3,(H,24,26). The van der Waals surface area contributed by atoms with E-state index in [0.717, 1.165) is 6.42 Å². The van der Waals surface area contributed by atoms with Gasteiger partial charge in [-0.15, -0.1) is 0 Å². The van der Waals surface area contributed by atoms with Crippen molar-refractivity contribution in [2.45, 2.75) is 51.6 Å². The molecule has 2 amide bonds. The van der Waals surface area contributed by atoms with E-state index in [0.29, 0.717) is 38.9 Å². The van der Waals surface area contributed by atoms with Gasteiger partial charge in [-0.1, -0.05) is 61.5 Å². The molecule has 0 radical (unpaired) electrons. The van der Waals surface area contributed by atoms with Crippen LogP contribution in [-0.4, -0.2) is 23.3 Å². The maximum Gasteiger partial charge on any atom is 0.223 e. The fourth-order valence-corrected chi connectivity index (χ4v) is 3.65. The molecular formula is C23H28N2O2. The van der Waals surface area contributed by atoms with E-state index < -0.39 is 0 Å². The van der Waals surface area contributed by atoms with Crippen LogP contribution in [0, 0.1) is 0 Å². The summed E-state index contributed by atoms with van der Waals surface area (Å²) in [5.74, 6) is 0.471. The molecule has 1 aliphatic heterocycles. The van der Waals surface area contributed by atoms with E-state index in [9.17, 15) is 9.59 Å². The second kappa shape index (κ2) is 9.36. The first kappa shape index (κ1) is 19.2. The molecule has 0 saturated carbocycles. The number of carbonyl (C=O) groups is 2. The Morgan fingerprint density at radius 3 is 2.26 bits per heavy atom. The Kier molecular flexibility index (Phi) is 6.64. The number of nitrogens with one attached hydrogen (secondary N) is 1. The first-order valence-corrected chi connectivity index (χ1v) is 9.83. The first-order chi connectivity index (χ1) is 13.2. The van der Waals surface area contributed by atoms with Crippen LogP contribution in [0.1, 0.15) is 55.2 Å². The summed E-state index contributed by atoms with van der Waals surface area (Å²) < 4.78 is 0. The van der Waals surface area contributed by atoms with Gasteiger partial charge < -0.3 is 10.2 Å². The molecule has 4 heteroatoms. The number of rotatable bonds is 8. The highest BCUT2D eigenvalue weighted by atomic mass is 16.2. The predicted molar refractivity (Wildman–Crippen MR) is 107 cm³/mol. The normalized spacial score (nSPS) is 13.9. The Morgan fingerprint density at radius 1 is 1.00 bits per heavy atom. The second-order valence-corrected chi connectivity index (χ2v) is 7.19. The maximum atomic E-state index is 12.4. The Bertz CT molecular complexity index is 748. The molecular weight excluding hydrogens is 336 g/mol. The molecule has 1 unspecified atom stereocenters. The van der Waals surface area contributed by atoms with Crippen LogP contribution in [0.3, 0.4) is 0 Å². The van der Waals surface area contributed by atoms with Crippen LogP contribution in [0.5, 0.6) is 0 Å². The summed E-state index contributed by atoms with van der Waals surface area (Å²) in [7, 11) is 0. The lowest BCUT2D eigenvalue weighted by Crippen LogP contribution is -2.29. The van der Waals surface area contributed by atoms with E-state index in [1.807, 2.05) is 35.2 Å². The molecule has 27 heavy (non-hydrogen) atoms. The number of benzene rings is 2. The Labute approximate surface area is 161 Å². The topological polar surface area (TPSA) is 49.4 Å². The van der Waals surface area contributed by atoms with Gasteiger partial charge in [-0.2, -0.15) is 0 Å². The van der Waals surface area contributed by atoms with Crippen molar-refractivity contribution in [3.8, 4) is 0 Å². The quantitative estimate of drug-likeness (QED) is 0.720. The summed E-state index contributed by atoms with van der Waals surface area (Å²) in [6.45, 7) is 4.07. The number of fused-ring (bicyclic) bond motifs is 1. The van der Waals surface area contributed by atoms with Crippen molar-refractivity contribution in [1.82, 2.24) is 10.2 Å². The summed E-state index contributed by atoms with van der Waals surface area (Å²) in [6, 6.07) is 18.4. The van der Waals surface area contributed by atoms with Crippen molar-refractivity contribution in [3.05, 3.63) is 71.3 Å². The van der Waals surface area contributed by atoms with Gasteiger partial charge >= 0.3 is 0 Å². The van der Waals surface area contributed by atoms with Crippen LogP contribution in [0.25, 0.3) is 0 Å². The molecule has 1 atom stereocenters. The largest absolute Gasteiger partial charge is 0.356 e. The van der Waals surface area contributed by atoms with E-state index in [1.54, 1.807) is 0 Å². The van der Waals surface area contributed by atoms with Crippen molar-refractivity contribution in [1.29, 1.82) is 0 Å². The van der Waals surface area contributed by atoms with Crippen LogP contribution in [-0.2, 0) is 22.7 Å². The average molecular weight is 364 g/mol. The lowest BCUT2D eigenvalue weighted by Gasteiger charge is -2.16. The molecule has 0 aliphatic carbocycles. The highest BCUT2D eigenvalue weighted by Crippen LogP contribution is 2.24. The van der Waals surface area contributed by atoms with E-state index in [4.69, 9.17) is 0 Å². The van der Waals surface area contributed by atoms with Crippen molar-refractivity contribution in [2.24, 2.45) is 0 Å². The molecule has 0 fully saturated rings. The Morgan fingerprint density at radius 2 is 1.63 bits per heavy atom. The zero-order valence-electron chi connectivity index (χ0n) is 16.0. The predicted octanol–water partition coefficient (Wildman–Crippen LogP) is 4.01. The molecule has 0 saturated heterocycles. The van der Waals surface area contributed by atoms with E-state index in [1.165, 1.54) is 16.7 Å². The fraction of sp³-hybridized carbons (Fsp3) is 0.391. The van der Waals surface area contributed by atoms with Gasteiger partial charge in [-0.05, 0) is 35.4 Å². The second-order valence-electron chi connectivity index (χ2n) is 7.19. The van der Waals surface area contributed by atoms with Gasteiger partial charge in [-0.3, -0.25) is 9.59 Å². The van der Waals surface area contributed by atoms with Crippen LogP contribution in [0.4, 0.5) is 0 Å².